The second kappa shape index (κ2) is 10.8. The number of ether oxygens (including phenoxy) is 1. The third-order valence-corrected chi connectivity index (χ3v) is 3.67. The molecule has 0 unspecified atom stereocenters. The molecular formula is C18H25ClFN3O4. The molecule has 0 fully saturated rings. The number of Topliss-reactive ketones (excluding diaryl/α,β-unsaturated/α-hetero) is 1. The Morgan fingerprint density at radius 3 is 2.59 bits per heavy atom. The summed E-state index contributed by atoms with van der Waals surface area (Å²) in [5.41, 5.74) is -0.500. The highest BCUT2D eigenvalue weighted by molar-refractivity contribution is 6.28. The molecule has 0 radical (unpaired) electrons. The molecule has 0 saturated carbocycles. The molecule has 27 heavy (non-hydrogen) atoms. The van der Waals surface area contributed by atoms with E-state index in [4.69, 9.17) is 16.3 Å². The molecule has 9 heteroatoms. The fraction of sp³-hybridized carbons (Fsp3) is 0.556. The van der Waals surface area contributed by atoms with Crippen LogP contribution in [0.3, 0.4) is 0 Å². The average molecular weight is 402 g/mol. The molecule has 0 aromatic carbocycles. The molecule has 0 aliphatic carbocycles. The van der Waals surface area contributed by atoms with Crippen LogP contribution in [0.4, 0.5) is 9.18 Å². The second-order valence-corrected chi connectivity index (χ2v) is 7.18. The Kier molecular flexibility index (Phi) is 9.14. The summed E-state index contributed by atoms with van der Waals surface area (Å²) in [6.45, 7) is 5.69. The molecule has 1 aromatic rings. The minimum Gasteiger partial charge on any atom is -0.444 e. The van der Waals surface area contributed by atoms with Crippen molar-refractivity contribution in [3.8, 4) is 0 Å². The van der Waals surface area contributed by atoms with Gasteiger partial charge in [-0.1, -0.05) is 0 Å². The molecule has 2 N–H and O–H groups in total. The number of pyridine rings is 1. The maximum atomic E-state index is 13.1. The predicted molar refractivity (Wildman–Crippen MR) is 99.3 cm³/mol. The molecule has 0 saturated heterocycles. The molecular weight excluding hydrogens is 377 g/mol. The minimum absolute atomic E-state index is 0.0708. The Morgan fingerprint density at radius 1 is 1.30 bits per heavy atom. The van der Waals surface area contributed by atoms with E-state index in [1.54, 1.807) is 20.8 Å². The monoisotopic (exact) mass is 401 g/mol. The zero-order chi connectivity index (χ0) is 20.4. The van der Waals surface area contributed by atoms with Gasteiger partial charge >= 0.3 is 6.09 Å². The van der Waals surface area contributed by atoms with Crippen molar-refractivity contribution in [2.45, 2.75) is 51.7 Å². The Hall–Kier alpha value is -2.22. The summed E-state index contributed by atoms with van der Waals surface area (Å²) in [5, 5.41) is 5.18. The zero-order valence-corrected chi connectivity index (χ0v) is 16.4. The van der Waals surface area contributed by atoms with Gasteiger partial charge in [0.05, 0.1) is 11.9 Å². The van der Waals surface area contributed by atoms with E-state index in [0.29, 0.717) is 25.8 Å². The minimum atomic E-state index is -0.784. The van der Waals surface area contributed by atoms with Crippen LogP contribution < -0.4 is 10.6 Å². The van der Waals surface area contributed by atoms with E-state index in [-0.39, 0.29) is 17.2 Å². The van der Waals surface area contributed by atoms with Crippen molar-refractivity contribution >= 4 is 29.4 Å². The lowest BCUT2D eigenvalue weighted by Gasteiger charge is -2.20. The van der Waals surface area contributed by atoms with Gasteiger partial charge in [-0.2, -0.15) is 4.39 Å². The smallest absolute Gasteiger partial charge is 0.407 e. The van der Waals surface area contributed by atoms with E-state index in [2.05, 4.69) is 15.6 Å². The Labute approximate surface area is 163 Å². The van der Waals surface area contributed by atoms with Crippen LogP contribution in [-0.4, -0.2) is 46.8 Å². The SMILES string of the molecule is CC(C)(C)OC(=O)NCCCC[C@H](NC(=O)c1ccnc(F)c1)C(=O)CCl. The van der Waals surface area contributed by atoms with Gasteiger partial charge in [-0.15, -0.1) is 11.6 Å². The Morgan fingerprint density at radius 2 is 2.00 bits per heavy atom. The molecule has 1 aromatic heterocycles. The molecule has 0 spiro atoms. The number of nitrogens with one attached hydrogen (secondary N) is 2. The van der Waals surface area contributed by atoms with E-state index in [1.807, 2.05) is 0 Å². The van der Waals surface area contributed by atoms with Crippen molar-refractivity contribution in [1.82, 2.24) is 15.6 Å². The molecule has 150 valence electrons. The van der Waals surface area contributed by atoms with Gasteiger partial charge in [-0.3, -0.25) is 9.59 Å². The summed E-state index contributed by atoms with van der Waals surface area (Å²) in [7, 11) is 0. The van der Waals surface area contributed by atoms with E-state index in [9.17, 15) is 18.8 Å². The van der Waals surface area contributed by atoms with Gasteiger partial charge in [0.1, 0.15) is 5.60 Å². The van der Waals surface area contributed by atoms with Gasteiger partial charge in [-0.25, -0.2) is 9.78 Å². The summed E-state index contributed by atoms with van der Waals surface area (Å²) in [6.07, 6.45) is 2.16. The Balaban J connectivity index is 2.46. The zero-order valence-electron chi connectivity index (χ0n) is 15.7. The van der Waals surface area contributed by atoms with Crippen LogP contribution >= 0.6 is 11.6 Å². The quantitative estimate of drug-likeness (QED) is 0.376. The average Bonchev–Trinajstić information content (AvgIpc) is 2.58. The highest BCUT2D eigenvalue weighted by Gasteiger charge is 2.21. The highest BCUT2D eigenvalue weighted by atomic mass is 35.5. The fourth-order valence-corrected chi connectivity index (χ4v) is 2.36. The number of alkyl halides is 1. The number of carbonyl (C=O) groups is 3. The van der Waals surface area contributed by atoms with E-state index in [1.165, 1.54) is 12.3 Å². The van der Waals surface area contributed by atoms with Gasteiger partial charge in [0, 0.05) is 24.4 Å². The van der Waals surface area contributed by atoms with Gasteiger partial charge in [0.2, 0.25) is 5.95 Å². The van der Waals surface area contributed by atoms with Crippen LogP contribution in [0.2, 0.25) is 0 Å². The lowest BCUT2D eigenvalue weighted by Crippen LogP contribution is -2.41. The number of halogens is 2. The van der Waals surface area contributed by atoms with Crippen LogP contribution in [0.25, 0.3) is 0 Å². The van der Waals surface area contributed by atoms with Crippen molar-refractivity contribution in [2.75, 3.05) is 12.4 Å². The summed E-state index contributed by atoms with van der Waals surface area (Å²) >= 11 is 5.60. The van der Waals surface area contributed by atoms with Crippen molar-refractivity contribution in [3.05, 3.63) is 29.8 Å². The molecule has 0 bridgehead atoms. The van der Waals surface area contributed by atoms with Crippen LogP contribution in [0.5, 0.6) is 0 Å². The number of amides is 2. The number of hydrogen-bond acceptors (Lipinski definition) is 5. The second-order valence-electron chi connectivity index (χ2n) is 6.92. The van der Waals surface area contributed by atoms with Gasteiger partial charge in [0.15, 0.2) is 5.78 Å². The van der Waals surface area contributed by atoms with Crippen molar-refractivity contribution in [3.63, 3.8) is 0 Å². The largest absolute Gasteiger partial charge is 0.444 e. The van der Waals surface area contributed by atoms with Crippen molar-refractivity contribution in [1.29, 1.82) is 0 Å². The first kappa shape index (κ1) is 22.8. The van der Waals surface area contributed by atoms with Gasteiger partial charge in [-0.05, 0) is 46.1 Å². The van der Waals surface area contributed by atoms with Crippen LogP contribution in [0.15, 0.2) is 18.3 Å². The molecule has 0 aliphatic rings. The van der Waals surface area contributed by atoms with Crippen molar-refractivity contribution < 1.29 is 23.5 Å². The summed E-state index contributed by atoms with van der Waals surface area (Å²) < 4.78 is 18.2. The third-order valence-electron chi connectivity index (χ3n) is 3.40. The van der Waals surface area contributed by atoms with E-state index in [0.717, 1.165) is 6.07 Å². The summed E-state index contributed by atoms with van der Waals surface area (Å²) in [5.74, 6) is -1.94. The van der Waals surface area contributed by atoms with Crippen LogP contribution in [-0.2, 0) is 9.53 Å². The number of hydrogen-bond donors (Lipinski definition) is 2. The molecule has 1 atom stereocenters. The van der Waals surface area contributed by atoms with Crippen LogP contribution in [0, 0.1) is 5.95 Å². The van der Waals surface area contributed by atoms with E-state index >= 15 is 0 Å². The standard InChI is InChI=1S/C18H25ClFN3O4/c1-18(2,3)27-17(26)22-8-5-4-6-13(14(24)11-19)23-16(25)12-7-9-21-15(20)10-12/h7,9-10,13H,4-6,8,11H2,1-3H3,(H,22,26)(H,23,25)/t13-/m0/s1. The summed E-state index contributed by atoms with van der Waals surface area (Å²) in [4.78, 5) is 39.0. The molecule has 0 aliphatic heterocycles. The van der Waals surface area contributed by atoms with Crippen LogP contribution in [0.1, 0.15) is 50.4 Å². The topological polar surface area (TPSA) is 97.4 Å². The predicted octanol–water partition coefficient (Wildman–Crippen LogP) is 2.82. The first-order valence-corrected chi connectivity index (χ1v) is 9.14. The molecule has 1 rings (SSSR count). The molecule has 1 heterocycles. The van der Waals surface area contributed by atoms with Gasteiger partial charge < -0.3 is 15.4 Å². The van der Waals surface area contributed by atoms with Crippen molar-refractivity contribution in [2.24, 2.45) is 0 Å². The Bertz CT molecular complexity index is 664. The fourth-order valence-electron chi connectivity index (χ4n) is 2.17. The van der Waals surface area contributed by atoms with Gasteiger partial charge in [0.25, 0.3) is 5.91 Å². The number of ketones is 1. The number of unbranched alkanes of at least 4 members (excludes halogenated alkanes) is 1. The first-order valence-electron chi connectivity index (χ1n) is 8.60. The number of alkyl carbamates (subject to hydrolysis) is 1. The maximum Gasteiger partial charge on any atom is 0.407 e. The normalized spacial score (nSPS) is 12.2. The number of nitrogens with zero attached hydrogens (tertiary/aromatic N) is 1. The lowest BCUT2D eigenvalue weighted by atomic mass is 10.1. The molecule has 2 amide bonds. The summed E-state index contributed by atoms with van der Waals surface area (Å²) in [6, 6.07) is 1.56. The number of carbonyl (C=O) groups excluding carboxylic acids is 3. The number of rotatable bonds is 9. The maximum absolute atomic E-state index is 13.1. The third kappa shape index (κ3) is 9.33. The molecule has 7 nitrogen and oxygen atoms in total. The number of aromatic nitrogens is 1. The highest BCUT2D eigenvalue weighted by Crippen LogP contribution is 2.08. The first-order chi connectivity index (χ1) is 12.6. The van der Waals surface area contributed by atoms with E-state index < -0.39 is 29.6 Å². The lowest BCUT2D eigenvalue weighted by molar-refractivity contribution is -0.118.